The fraction of sp³-hybridized carbons (Fsp3) is 0.458. The topological polar surface area (TPSA) is 63.0 Å². The van der Waals surface area contributed by atoms with E-state index in [9.17, 15) is 4.79 Å². The van der Waals surface area contributed by atoms with E-state index in [-0.39, 0.29) is 5.91 Å². The van der Waals surface area contributed by atoms with Gasteiger partial charge in [0.15, 0.2) is 0 Å². The normalized spacial score (nSPS) is 15.3. The number of ether oxygens (including phenoxy) is 1. The number of aromatic nitrogens is 3. The van der Waals surface area contributed by atoms with Gasteiger partial charge in [0.25, 0.3) is 5.91 Å². The largest absolute Gasteiger partial charge is 0.497 e. The predicted octanol–water partition coefficient (Wildman–Crippen LogP) is 3.07. The minimum Gasteiger partial charge on any atom is -0.497 e. The van der Waals surface area contributed by atoms with Crippen LogP contribution in [0, 0.1) is 12.8 Å². The minimum absolute atomic E-state index is 0.0138. The lowest BCUT2D eigenvalue weighted by Gasteiger charge is -2.34. The molecule has 7 heteroatoms. The Morgan fingerprint density at radius 1 is 1.23 bits per heavy atom. The van der Waals surface area contributed by atoms with Crippen molar-refractivity contribution in [3.63, 3.8) is 0 Å². The van der Waals surface area contributed by atoms with Crippen molar-refractivity contribution in [2.75, 3.05) is 40.3 Å². The van der Waals surface area contributed by atoms with E-state index in [1.54, 1.807) is 17.7 Å². The molecule has 1 aliphatic rings. The molecule has 164 valence electrons. The predicted molar refractivity (Wildman–Crippen MR) is 121 cm³/mol. The zero-order chi connectivity index (χ0) is 21.8. The van der Waals surface area contributed by atoms with E-state index in [4.69, 9.17) is 4.74 Å². The second-order valence-electron chi connectivity index (χ2n) is 8.40. The number of likely N-dealkylation sites (tertiary alicyclic amines) is 1. The monoisotopic (exact) mass is 421 g/mol. The molecule has 0 atom stereocenters. The average Bonchev–Trinajstić information content (AvgIpc) is 3.14. The zero-order valence-electron chi connectivity index (χ0n) is 18.6. The van der Waals surface area contributed by atoms with Crippen molar-refractivity contribution in [3.8, 4) is 5.75 Å². The Morgan fingerprint density at radius 3 is 2.68 bits per heavy atom. The van der Waals surface area contributed by atoms with Gasteiger partial charge in [-0.25, -0.2) is 9.97 Å². The van der Waals surface area contributed by atoms with Crippen molar-refractivity contribution in [3.05, 3.63) is 59.7 Å². The summed E-state index contributed by atoms with van der Waals surface area (Å²) in [6, 6.07) is 10.2. The van der Waals surface area contributed by atoms with Crippen LogP contribution in [-0.2, 0) is 6.42 Å². The summed E-state index contributed by atoms with van der Waals surface area (Å²) in [5, 5.41) is 0. The SMILES string of the molecule is COc1ccc(CCN2CCC(CN(C)C(=O)c3c(C)nc4ncccn34)CC2)cc1. The number of amides is 1. The molecule has 0 N–H and O–H groups in total. The van der Waals surface area contributed by atoms with E-state index < -0.39 is 0 Å². The standard InChI is InChI=1S/C24H31N5O2/c1-18-22(29-13-4-12-25-24(29)26-18)23(30)27(2)17-20-10-15-28(16-11-20)14-9-19-5-7-21(31-3)8-6-19/h4-8,12-13,20H,9-11,14-17H2,1-3H3. The van der Waals surface area contributed by atoms with Gasteiger partial charge in [0.2, 0.25) is 5.78 Å². The summed E-state index contributed by atoms with van der Waals surface area (Å²) in [6.45, 7) is 5.89. The highest BCUT2D eigenvalue weighted by atomic mass is 16.5. The number of carbonyl (C=O) groups excluding carboxylic acids is 1. The third-order valence-electron chi connectivity index (χ3n) is 6.24. The van der Waals surface area contributed by atoms with E-state index >= 15 is 0 Å². The van der Waals surface area contributed by atoms with E-state index in [1.165, 1.54) is 5.56 Å². The third kappa shape index (κ3) is 4.88. The summed E-state index contributed by atoms with van der Waals surface area (Å²) in [7, 11) is 3.59. The first kappa shape index (κ1) is 21.3. The number of benzene rings is 1. The van der Waals surface area contributed by atoms with Crippen LogP contribution >= 0.6 is 0 Å². The maximum Gasteiger partial charge on any atom is 0.272 e. The van der Waals surface area contributed by atoms with Gasteiger partial charge in [0.05, 0.1) is 12.8 Å². The summed E-state index contributed by atoms with van der Waals surface area (Å²) in [5.41, 5.74) is 2.68. The summed E-state index contributed by atoms with van der Waals surface area (Å²) in [6.07, 6.45) is 6.84. The molecule has 1 aliphatic heterocycles. The molecule has 0 saturated carbocycles. The van der Waals surface area contributed by atoms with Crippen molar-refractivity contribution in [2.24, 2.45) is 5.92 Å². The molecule has 1 fully saturated rings. The number of piperidine rings is 1. The molecule has 31 heavy (non-hydrogen) atoms. The molecule has 3 aromatic rings. The Bertz CT molecular complexity index is 1020. The summed E-state index contributed by atoms with van der Waals surface area (Å²) >= 11 is 0. The molecule has 0 aliphatic carbocycles. The van der Waals surface area contributed by atoms with Crippen molar-refractivity contribution in [1.82, 2.24) is 24.2 Å². The van der Waals surface area contributed by atoms with Crippen LogP contribution < -0.4 is 4.74 Å². The molecule has 4 rings (SSSR count). The first-order chi connectivity index (χ1) is 15.0. The molecule has 0 bridgehead atoms. The number of rotatable bonds is 7. The van der Waals surface area contributed by atoms with Crippen LogP contribution in [0.25, 0.3) is 5.78 Å². The minimum atomic E-state index is 0.0138. The molecule has 0 unspecified atom stereocenters. The molecule has 1 aromatic carbocycles. The van der Waals surface area contributed by atoms with Gasteiger partial charge in [-0.05, 0) is 69.0 Å². The molecule has 0 spiro atoms. The molecular formula is C24H31N5O2. The van der Waals surface area contributed by atoms with Crippen LogP contribution in [0.2, 0.25) is 0 Å². The first-order valence-corrected chi connectivity index (χ1v) is 11.0. The number of methoxy groups -OCH3 is 1. The van der Waals surface area contributed by atoms with Crippen molar-refractivity contribution in [1.29, 1.82) is 0 Å². The molecule has 7 nitrogen and oxygen atoms in total. The van der Waals surface area contributed by atoms with Gasteiger partial charge in [-0.1, -0.05) is 12.1 Å². The van der Waals surface area contributed by atoms with Gasteiger partial charge in [0.1, 0.15) is 11.4 Å². The van der Waals surface area contributed by atoms with Crippen LogP contribution in [0.3, 0.4) is 0 Å². The zero-order valence-corrected chi connectivity index (χ0v) is 18.6. The van der Waals surface area contributed by atoms with Crippen LogP contribution in [-0.4, -0.2) is 70.4 Å². The highest BCUT2D eigenvalue weighted by molar-refractivity contribution is 5.94. The third-order valence-corrected chi connectivity index (χ3v) is 6.24. The number of imidazole rings is 1. The lowest BCUT2D eigenvalue weighted by atomic mass is 9.96. The van der Waals surface area contributed by atoms with Crippen molar-refractivity contribution < 1.29 is 9.53 Å². The van der Waals surface area contributed by atoms with Crippen LogP contribution in [0.15, 0.2) is 42.7 Å². The molecule has 0 radical (unpaired) electrons. The average molecular weight is 422 g/mol. The summed E-state index contributed by atoms with van der Waals surface area (Å²) in [4.78, 5) is 26.1. The Balaban J connectivity index is 1.27. The highest BCUT2D eigenvalue weighted by Crippen LogP contribution is 2.20. The van der Waals surface area contributed by atoms with Crippen LogP contribution in [0.4, 0.5) is 0 Å². The quantitative estimate of drug-likeness (QED) is 0.587. The van der Waals surface area contributed by atoms with Gasteiger partial charge in [0, 0.05) is 32.5 Å². The van der Waals surface area contributed by atoms with Gasteiger partial charge in [-0.15, -0.1) is 0 Å². The number of fused-ring (bicyclic) bond motifs is 1. The Hall–Kier alpha value is -2.93. The number of hydrogen-bond donors (Lipinski definition) is 0. The van der Waals surface area contributed by atoms with Crippen LogP contribution in [0.1, 0.15) is 34.6 Å². The van der Waals surface area contributed by atoms with Crippen molar-refractivity contribution >= 4 is 11.7 Å². The lowest BCUT2D eigenvalue weighted by molar-refractivity contribution is 0.0732. The fourth-order valence-corrected chi connectivity index (χ4v) is 4.38. The summed E-state index contributed by atoms with van der Waals surface area (Å²) < 4.78 is 7.02. The lowest BCUT2D eigenvalue weighted by Crippen LogP contribution is -2.40. The number of hydrogen-bond acceptors (Lipinski definition) is 5. The molecule has 1 amide bonds. The van der Waals surface area contributed by atoms with Gasteiger partial charge >= 0.3 is 0 Å². The van der Waals surface area contributed by atoms with E-state index in [2.05, 4.69) is 27.0 Å². The van der Waals surface area contributed by atoms with Gasteiger partial charge in [-0.3, -0.25) is 9.20 Å². The smallest absolute Gasteiger partial charge is 0.272 e. The molecule has 3 heterocycles. The maximum atomic E-state index is 13.1. The second-order valence-corrected chi connectivity index (χ2v) is 8.40. The summed E-state index contributed by atoms with van der Waals surface area (Å²) in [5.74, 6) is 2.02. The number of nitrogens with zero attached hydrogens (tertiary/aromatic N) is 5. The maximum absolute atomic E-state index is 13.1. The number of carbonyl (C=O) groups is 1. The Morgan fingerprint density at radius 2 is 1.97 bits per heavy atom. The van der Waals surface area contributed by atoms with Crippen LogP contribution in [0.5, 0.6) is 5.75 Å². The van der Waals surface area contributed by atoms with Gasteiger partial charge < -0.3 is 14.5 Å². The van der Waals surface area contributed by atoms with E-state index in [0.29, 0.717) is 17.4 Å². The fourth-order valence-electron chi connectivity index (χ4n) is 4.38. The Labute approximate surface area is 183 Å². The number of aryl methyl sites for hydroxylation is 1. The molecule has 2 aromatic heterocycles. The van der Waals surface area contributed by atoms with E-state index in [1.807, 2.05) is 43.3 Å². The second kappa shape index (κ2) is 9.47. The highest BCUT2D eigenvalue weighted by Gasteiger charge is 2.25. The molecular weight excluding hydrogens is 390 g/mol. The Kier molecular flexibility index (Phi) is 6.51. The van der Waals surface area contributed by atoms with Gasteiger partial charge in [-0.2, -0.15) is 0 Å². The first-order valence-electron chi connectivity index (χ1n) is 11.0. The molecule has 1 saturated heterocycles. The van der Waals surface area contributed by atoms with E-state index in [0.717, 1.165) is 56.9 Å². The van der Waals surface area contributed by atoms with Crippen molar-refractivity contribution in [2.45, 2.75) is 26.2 Å².